The molecule has 1 rings (SSSR count). The van der Waals surface area contributed by atoms with Crippen LogP contribution in [0.1, 0.15) is 41.0 Å². The maximum Gasteiger partial charge on any atom is 0.313 e. The van der Waals surface area contributed by atoms with Crippen LogP contribution in [-0.2, 0) is 14.3 Å². The lowest BCUT2D eigenvalue weighted by Crippen LogP contribution is -2.57. The number of carboxylic acids is 1. The zero-order chi connectivity index (χ0) is 12.1. The minimum atomic E-state index is -1.51. The Balaban J connectivity index is 3.37. The van der Waals surface area contributed by atoms with Gasteiger partial charge in [0.25, 0.3) is 0 Å². The molecule has 1 fully saturated rings. The fourth-order valence-corrected chi connectivity index (χ4v) is 2.13. The molecule has 0 aromatic rings. The fraction of sp³-hybridized carbons (Fsp3) is 0.818. The third kappa shape index (κ3) is 1.13. The quantitative estimate of drug-likeness (QED) is 0.626. The van der Waals surface area contributed by atoms with Crippen LogP contribution < -0.4 is 5.11 Å². The molecule has 1 aliphatic rings. The fourth-order valence-electron chi connectivity index (χ4n) is 2.13. The predicted molar refractivity (Wildman–Crippen MR) is 51.7 cm³/mol. The van der Waals surface area contributed by atoms with Crippen LogP contribution in [0.4, 0.5) is 0 Å². The molecule has 1 unspecified atom stereocenters. The zero-order valence-corrected chi connectivity index (χ0v) is 9.84. The van der Waals surface area contributed by atoms with Crippen molar-refractivity contribution < 1.29 is 19.4 Å². The largest absolute Gasteiger partial charge is 0.546 e. The van der Waals surface area contributed by atoms with Gasteiger partial charge in [0.2, 0.25) is 0 Å². The molecule has 1 heterocycles. The van der Waals surface area contributed by atoms with Gasteiger partial charge in [0.05, 0.1) is 11.4 Å². The Morgan fingerprint density at radius 3 is 1.93 bits per heavy atom. The topological polar surface area (TPSA) is 66.4 Å². The first-order valence-corrected chi connectivity index (χ1v) is 5.08. The maximum atomic E-state index is 11.7. The van der Waals surface area contributed by atoms with Crippen molar-refractivity contribution >= 4 is 11.9 Å². The summed E-state index contributed by atoms with van der Waals surface area (Å²) in [6.07, 6.45) is 0.220. The number of ether oxygens (including phenoxy) is 1. The second-order valence-corrected chi connectivity index (χ2v) is 5.11. The van der Waals surface area contributed by atoms with Crippen molar-refractivity contribution in [1.29, 1.82) is 0 Å². The van der Waals surface area contributed by atoms with Gasteiger partial charge in [-0.3, -0.25) is 4.79 Å². The molecule has 0 aliphatic carbocycles. The van der Waals surface area contributed by atoms with Gasteiger partial charge in [-0.2, -0.15) is 0 Å². The molecular weight excluding hydrogens is 196 g/mol. The highest BCUT2D eigenvalue weighted by Crippen LogP contribution is 2.56. The zero-order valence-electron chi connectivity index (χ0n) is 9.84. The lowest BCUT2D eigenvalue weighted by Gasteiger charge is -2.43. The molecule has 0 bridgehead atoms. The normalized spacial score (nSPS) is 32.5. The smallest absolute Gasteiger partial charge is 0.313 e. The molecule has 0 amide bonds. The van der Waals surface area contributed by atoms with E-state index in [1.54, 1.807) is 34.6 Å². The summed E-state index contributed by atoms with van der Waals surface area (Å²) in [4.78, 5) is 22.9. The first kappa shape index (κ1) is 12.0. The Kier molecular flexibility index (Phi) is 2.38. The van der Waals surface area contributed by atoms with E-state index in [-0.39, 0.29) is 6.42 Å². The standard InChI is InChI=1S/C11H18O4/c1-6-11(7(12)13)10(4,5)9(2,3)8(14)15-11/h6H2,1-5H3,(H,12,13)/p-1. The number of hydrogen-bond donors (Lipinski definition) is 0. The van der Waals surface area contributed by atoms with E-state index in [1.165, 1.54) is 0 Å². The molecule has 86 valence electrons. The molecule has 0 N–H and O–H groups in total. The van der Waals surface area contributed by atoms with E-state index in [9.17, 15) is 14.7 Å². The van der Waals surface area contributed by atoms with E-state index in [0.29, 0.717) is 0 Å². The van der Waals surface area contributed by atoms with Gasteiger partial charge in [0, 0.05) is 5.41 Å². The van der Waals surface area contributed by atoms with Crippen LogP contribution in [-0.4, -0.2) is 17.5 Å². The average molecular weight is 213 g/mol. The molecule has 0 spiro atoms. The van der Waals surface area contributed by atoms with Crippen molar-refractivity contribution in [1.82, 2.24) is 0 Å². The predicted octanol–water partition coefficient (Wildman–Crippen LogP) is 0.494. The van der Waals surface area contributed by atoms with Crippen LogP contribution in [0.15, 0.2) is 0 Å². The van der Waals surface area contributed by atoms with E-state index < -0.39 is 28.4 Å². The van der Waals surface area contributed by atoms with Crippen LogP contribution in [0.5, 0.6) is 0 Å². The van der Waals surface area contributed by atoms with Crippen LogP contribution in [0.2, 0.25) is 0 Å². The van der Waals surface area contributed by atoms with E-state index in [1.807, 2.05) is 0 Å². The summed E-state index contributed by atoms with van der Waals surface area (Å²) >= 11 is 0. The molecule has 1 aliphatic heterocycles. The molecule has 15 heavy (non-hydrogen) atoms. The molecule has 0 saturated carbocycles. The lowest BCUT2D eigenvalue weighted by molar-refractivity contribution is -0.330. The first-order valence-electron chi connectivity index (χ1n) is 5.08. The van der Waals surface area contributed by atoms with E-state index in [2.05, 4.69) is 0 Å². The highest BCUT2D eigenvalue weighted by Gasteiger charge is 2.65. The van der Waals surface area contributed by atoms with E-state index in [0.717, 1.165) is 0 Å². The summed E-state index contributed by atoms with van der Waals surface area (Å²) in [5.41, 5.74) is -3.11. The minimum Gasteiger partial charge on any atom is -0.546 e. The van der Waals surface area contributed by atoms with Crippen LogP contribution >= 0.6 is 0 Å². The van der Waals surface area contributed by atoms with Crippen molar-refractivity contribution in [2.75, 3.05) is 0 Å². The molecule has 1 atom stereocenters. The Hall–Kier alpha value is -1.06. The van der Waals surface area contributed by atoms with Gasteiger partial charge in [-0.1, -0.05) is 20.8 Å². The van der Waals surface area contributed by atoms with Crippen molar-refractivity contribution in [2.45, 2.75) is 46.6 Å². The highest BCUT2D eigenvalue weighted by molar-refractivity contribution is 5.89. The molecule has 0 aromatic carbocycles. The molecule has 4 nitrogen and oxygen atoms in total. The van der Waals surface area contributed by atoms with Crippen molar-refractivity contribution in [3.63, 3.8) is 0 Å². The number of carbonyl (C=O) groups is 2. The monoisotopic (exact) mass is 213 g/mol. The second kappa shape index (κ2) is 2.97. The summed E-state index contributed by atoms with van der Waals surface area (Å²) in [6.45, 7) is 8.56. The van der Waals surface area contributed by atoms with Gasteiger partial charge in [0.1, 0.15) is 0 Å². The maximum absolute atomic E-state index is 11.7. The third-order valence-corrected chi connectivity index (χ3v) is 4.18. The number of cyclic esters (lactones) is 1. The van der Waals surface area contributed by atoms with Gasteiger partial charge in [-0.15, -0.1) is 0 Å². The first-order chi connectivity index (χ1) is 6.63. The highest BCUT2D eigenvalue weighted by atomic mass is 16.6. The van der Waals surface area contributed by atoms with E-state index >= 15 is 0 Å². The van der Waals surface area contributed by atoms with Crippen LogP contribution in [0, 0.1) is 10.8 Å². The SMILES string of the molecule is CCC1(C(=O)[O-])OC(=O)C(C)(C)C1(C)C. The number of esters is 1. The van der Waals surface area contributed by atoms with Crippen molar-refractivity contribution in [3.05, 3.63) is 0 Å². The Morgan fingerprint density at radius 2 is 1.80 bits per heavy atom. The Morgan fingerprint density at radius 1 is 1.33 bits per heavy atom. The van der Waals surface area contributed by atoms with E-state index in [4.69, 9.17) is 4.74 Å². The third-order valence-electron chi connectivity index (χ3n) is 4.18. The Labute approximate surface area is 89.6 Å². The number of hydrogen-bond acceptors (Lipinski definition) is 4. The summed E-state index contributed by atoms with van der Waals surface area (Å²) < 4.78 is 5.09. The van der Waals surface area contributed by atoms with Gasteiger partial charge in [-0.05, 0) is 20.3 Å². The minimum absolute atomic E-state index is 0.220. The molecular formula is C11H17O4-. The van der Waals surface area contributed by atoms with Gasteiger partial charge in [0.15, 0.2) is 5.60 Å². The number of carboxylic acid groups (broad SMARTS) is 1. The van der Waals surface area contributed by atoms with Crippen LogP contribution in [0.3, 0.4) is 0 Å². The van der Waals surface area contributed by atoms with Gasteiger partial charge < -0.3 is 14.6 Å². The summed E-state index contributed by atoms with van der Waals surface area (Å²) in [6, 6.07) is 0. The molecule has 4 heteroatoms. The van der Waals surface area contributed by atoms with Crippen LogP contribution in [0.25, 0.3) is 0 Å². The van der Waals surface area contributed by atoms with Crippen molar-refractivity contribution in [2.24, 2.45) is 10.8 Å². The number of rotatable bonds is 2. The number of carbonyl (C=O) groups excluding carboxylic acids is 2. The number of aliphatic carboxylic acids is 1. The van der Waals surface area contributed by atoms with Gasteiger partial charge in [-0.25, -0.2) is 0 Å². The summed E-state index contributed by atoms with van der Waals surface area (Å²) in [5.74, 6) is -1.78. The lowest BCUT2D eigenvalue weighted by atomic mass is 9.60. The van der Waals surface area contributed by atoms with Crippen molar-refractivity contribution in [3.8, 4) is 0 Å². The summed E-state index contributed by atoms with van der Waals surface area (Å²) in [7, 11) is 0. The summed E-state index contributed by atoms with van der Waals surface area (Å²) in [5, 5.41) is 11.2. The second-order valence-electron chi connectivity index (χ2n) is 5.11. The average Bonchev–Trinajstić information content (AvgIpc) is 2.24. The molecule has 0 radical (unpaired) electrons. The molecule has 0 aromatic heterocycles. The molecule has 1 saturated heterocycles. The van der Waals surface area contributed by atoms with Gasteiger partial charge >= 0.3 is 5.97 Å². The Bertz CT molecular complexity index is 317.